The summed E-state index contributed by atoms with van der Waals surface area (Å²) in [6.45, 7) is 5.52. The van der Waals surface area contributed by atoms with Crippen molar-refractivity contribution in [1.82, 2.24) is 4.98 Å². The van der Waals surface area contributed by atoms with Gasteiger partial charge in [0.1, 0.15) is 10.4 Å². The highest BCUT2D eigenvalue weighted by atomic mass is 79.9. The Bertz CT molecular complexity index is 333. The molecule has 0 saturated heterocycles. The van der Waals surface area contributed by atoms with Crippen LogP contribution in [0.15, 0.2) is 47.4 Å². The molecule has 0 aromatic carbocycles. The summed E-state index contributed by atoms with van der Waals surface area (Å²) in [6.07, 6.45) is 5.19. The molecule has 1 heterocycles. The summed E-state index contributed by atoms with van der Waals surface area (Å²) in [5.41, 5.74) is 0. The van der Waals surface area contributed by atoms with Crippen LogP contribution in [-0.2, 0) is 0 Å². The van der Waals surface area contributed by atoms with Crippen LogP contribution >= 0.6 is 15.9 Å². The molecule has 0 radical (unpaired) electrons. The lowest BCUT2D eigenvalue weighted by molar-refractivity contribution is 0.438. The maximum absolute atomic E-state index is 5.48. The first kappa shape index (κ1) is 9.99. The zero-order valence-electron chi connectivity index (χ0n) is 7.33. The summed E-state index contributed by atoms with van der Waals surface area (Å²) in [4.78, 5) is 4.03. The van der Waals surface area contributed by atoms with Crippen molar-refractivity contribution >= 4 is 15.9 Å². The fourth-order valence-corrected chi connectivity index (χ4v) is 1.12. The Morgan fingerprint density at radius 3 is 3.00 bits per heavy atom. The summed E-state index contributed by atoms with van der Waals surface area (Å²) in [5.74, 6) is 1.41. The first-order chi connectivity index (χ1) is 6.27. The van der Waals surface area contributed by atoms with E-state index in [1.54, 1.807) is 12.3 Å². The van der Waals surface area contributed by atoms with Gasteiger partial charge in [0.15, 0.2) is 5.75 Å². The van der Waals surface area contributed by atoms with Gasteiger partial charge in [-0.1, -0.05) is 6.58 Å². The Balaban J connectivity index is 2.85. The standard InChI is InChI=1S/C10H10BrNO/c1-3-8(4-2)13-9-6-5-7-12-10(9)11/h3-7H,1H2,2H3/b8-4+. The summed E-state index contributed by atoms with van der Waals surface area (Å²) in [7, 11) is 0. The molecule has 0 fully saturated rings. The van der Waals surface area contributed by atoms with E-state index in [1.165, 1.54) is 0 Å². The summed E-state index contributed by atoms with van der Waals surface area (Å²) in [5, 5.41) is 0. The van der Waals surface area contributed by atoms with Gasteiger partial charge in [0.25, 0.3) is 0 Å². The van der Waals surface area contributed by atoms with E-state index >= 15 is 0 Å². The highest BCUT2D eigenvalue weighted by Gasteiger charge is 2.01. The summed E-state index contributed by atoms with van der Waals surface area (Å²) < 4.78 is 6.17. The summed E-state index contributed by atoms with van der Waals surface area (Å²) >= 11 is 3.29. The normalized spacial score (nSPS) is 11.1. The van der Waals surface area contributed by atoms with E-state index in [0.717, 1.165) is 0 Å². The Hall–Kier alpha value is -1.09. The van der Waals surface area contributed by atoms with Crippen molar-refractivity contribution in [2.45, 2.75) is 6.92 Å². The molecule has 0 saturated carbocycles. The van der Waals surface area contributed by atoms with Crippen LogP contribution in [0.2, 0.25) is 0 Å². The van der Waals surface area contributed by atoms with Crippen molar-refractivity contribution in [3.05, 3.63) is 47.4 Å². The highest BCUT2D eigenvalue weighted by molar-refractivity contribution is 9.10. The Morgan fingerprint density at radius 2 is 2.46 bits per heavy atom. The monoisotopic (exact) mass is 239 g/mol. The van der Waals surface area contributed by atoms with Crippen LogP contribution < -0.4 is 4.74 Å². The molecule has 0 aliphatic carbocycles. The molecule has 0 atom stereocenters. The van der Waals surface area contributed by atoms with Gasteiger partial charge in [-0.2, -0.15) is 0 Å². The zero-order chi connectivity index (χ0) is 9.68. The molecular formula is C10H10BrNO. The van der Waals surface area contributed by atoms with E-state index in [9.17, 15) is 0 Å². The van der Waals surface area contributed by atoms with Gasteiger partial charge in [-0.25, -0.2) is 4.98 Å². The zero-order valence-corrected chi connectivity index (χ0v) is 8.91. The van der Waals surface area contributed by atoms with Crippen LogP contribution in [-0.4, -0.2) is 4.98 Å². The minimum Gasteiger partial charge on any atom is -0.455 e. The molecule has 0 N–H and O–H groups in total. The van der Waals surface area contributed by atoms with Gasteiger partial charge in [0, 0.05) is 6.20 Å². The first-order valence-corrected chi connectivity index (χ1v) is 4.64. The van der Waals surface area contributed by atoms with Gasteiger partial charge in [-0.15, -0.1) is 0 Å². The van der Waals surface area contributed by atoms with Crippen molar-refractivity contribution in [3.8, 4) is 5.75 Å². The smallest absolute Gasteiger partial charge is 0.160 e. The molecule has 1 aromatic rings. The minimum absolute atomic E-state index is 0.690. The second kappa shape index (κ2) is 4.82. The average Bonchev–Trinajstić information content (AvgIpc) is 2.17. The topological polar surface area (TPSA) is 22.1 Å². The van der Waals surface area contributed by atoms with E-state index in [1.807, 2.05) is 25.1 Å². The van der Waals surface area contributed by atoms with Crippen LogP contribution in [0.3, 0.4) is 0 Å². The lowest BCUT2D eigenvalue weighted by atomic mass is 10.4. The molecule has 68 valence electrons. The van der Waals surface area contributed by atoms with Crippen LogP contribution in [0.4, 0.5) is 0 Å². The molecular weight excluding hydrogens is 230 g/mol. The molecule has 0 aliphatic rings. The largest absolute Gasteiger partial charge is 0.455 e. The Labute approximate surface area is 86.1 Å². The highest BCUT2D eigenvalue weighted by Crippen LogP contribution is 2.23. The molecule has 0 spiro atoms. The number of hydrogen-bond donors (Lipinski definition) is 0. The number of aromatic nitrogens is 1. The van der Waals surface area contributed by atoms with Crippen LogP contribution in [0, 0.1) is 0 Å². The Kier molecular flexibility index (Phi) is 3.71. The van der Waals surface area contributed by atoms with Crippen molar-refractivity contribution in [2.24, 2.45) is 0 Å². The summed E-state index contributed by atoms with van der Waals surface area (Å²) in [6, 6.07) is 3.65. The van der Waals surface area contributed by atoms with E-state index < -0.39 is 0 Å². The molecule has 0 aliphatic heterocycles. The van der Waals surface area contributed by atoms with E-state index in [-0.39, 0.29) is 0 Å². The number of rotatable bonds is 3. The third-order valence-electron chi connectivity index (χ3n) is 1.44. The van der Waals surface area contributed by atoms with Gasteiger partial charge >= 0.3 is 0 Å². The number of halogens is 1. The van der Waals surface area contributed by atoms with Crippen molar-refractivity contribution < 1.29 is 4.74 Å². The quantitative estimate of drug-likeness (QED) is 0.459. The van der Waals surface area contributed by atoms with Gasteiger partial charge < -0.3 is 4.74 Å². The molecule has 0 bridgehead atoms. The maximum Gasteiger partial charge on any atom is 0.160 e. The Morgan fingerprint density at radius 1 is 1.69 bits per heavy atom. The predicted molar refractivity (Wildman–Crippen MR) is 56.5 cm³/mol. The predicted octanol–water partition coefficient (Wildman–Crippen LogP) is 3.31. The molecule has 3 heteroatoms. The fourth-order valence-electron chi connectivity index (χ4n) is 0.793. The second-order valence-electron chi connectivity index (χ2n) is 2.29. The third kappa shape index (κ3) is 2.70. The molecule has 0 unspecified atom stereocenters. The fraction of sp³-hybridized carbons (Fsp3) is 0.100. The van der Waals surface area contributed by atoms with E-state index in [0.29, 0.717) is 16.1 Å². The van der Waals surface area contributed by atoms with Crippen molar-refractivity contribution in [3.63, 3.8) is 0 Å². The third-order valence-corrected chi connectivity index (χ3v) is 2.03. The maximum atomic E-state index is 5.48. The van der Waals surface area contributed by atoms with Gasteiger partial charge in [0.05, 0.1) is 0 Å². The number of hydrogen-bond acceptors (Lipinski definition) is 2. The van der Waals surface area contributed by atoms with Gasteiger partial charge in [-0.3, -0.25) is 0 Å². The van der Waals surface area contributed by atoms with Gasteiger partial charge in [-0.05, 0) is 47.1 Å². The number of ether oxygens (including phenoxy) is 1. The molecule has 2 nitrogen and oxygen atoms in total. The van der Waals surface area contributed by atoms with Gasteiger partial charge in [0.2, 0.25) is 0 Å². The number of allylic oxidation sites excluding steroid dienone is 2. The van der Waals surface area contributed by atoms with Crippen LogP contribution in [0.25, 0.3) is 0 Å². The van der Waals surface area contributed by atoms with Crippen LogP contribution in [0.5, 0.6) is 5.75 Å². The molecule has 13 heavy (non-hydrogen) atoms. The number of pyridine rings is 1. The number of nitrogens with zero attached hydrogens (tertiary/aromatic N) is 1. The van der Waals surface area contributed by atoms with Crippen molar-refractivity contribution in [1.29, 1.82) is 0 Å². The molecule has 1 rings (SSSR count). The first-order valence-electron chi connectivity index (χ1n) is 3.85. The lowest BCUT2D eigenvalue weighted by Gasteiger charge is -2.06. The SMILES string of the molecule is C=C/C(=C\C)Oc1cccnc1Br. The van der Waals surface area contributed by atoms with Crippen molar-refractivity contribution in [2.75, 3.05) is 0 Å². The molecule has 1 aromatic heterocycles. The second-order valence-corrected chi connectivity index (χ2v) is 3.04. The lowest BCUT2D eigenvalue weighted by Crippen LogP contribution is -1.92. The average molecular weight is 240 g/mol. The molecule has 0 amide bonds. The van der Waals surface area contributed by atoms with E-state index in [4.69, 9.17) is 4.74 Å². The van der Waals surface area contributed by atoms with Crippen LogP contribution in [0.1, 0.15) is 6.92 Å². The van der Waals surface area contributed by atoms with E-state index in [2.05, 4.69) is 27.5 Å². The minimum atomic E-state index is 0.690.